The minimum absolute atomic E-state index is 0.216. The van der Waals surface area contributed by atoms with Crippen LogP contribution in [0, 0.1) is 6.08 Å². The fraction of sp³-hybridized carbons (Fsp3) is 0.389. The van der Waals surface area contributed by atoms with E-state index in [2.05, 4.69) is 20.3 Å². The zero-order valence-corrected chi connectivity index (χ0v) is 15.7. The van der Waals surface area contributed by atoms with Crippen LogP contribution in [0.25, 0.3) is 11.2 Å². The Labute approximate surface area is 156 Å². The summed E-state index contributed by atoms with van der Waals surface area (Å²) in [5, 5.41) is 3.02. The van der Waals surface area contributed by atoms with E-state index in [0.29, 0.717) is 16.9 Å². The van der Waals surface area contributed by atoms with Gasteiger partial charge in [-0.1, -0.05) is 19.3 Å². The van der Waals surface area contributed by atoms with Crippen molar-refractivity contribution in [2.75, 3.05) is 11.6 Å². The van der Waals surface area contributed by atoms with E-state index in [-0.39, 0.29) is 16.8 Å². The molecule has 1 N–H and O–H groups in total. The second kappa shape index (κ2) is 6.88. The first-order chi connectivity index (χ1) is 12.9. The molecular formula is C18H20FN5O2S. The summed E-state index contributed by atoms with van der Waals surface area (Å²) >= 11 is 0. The van der Waals surface area contributed by atoms with E-state index in [1.807, 2.05) is 4.57 Å². The average molecular weight is 389 g/mol. The predicted octanol–water partition coefficient (Wildman–Crippen LogP) is 3.62. The average Bonchev–Trinajstić information content (AvgIpc) is 3.06. The Kier molecular flexibility index (Phi) is 4.55. The zero-order valence-electron chi connectivity index (χ0n) is 14.9. The normalized spacial score (nSPS) is 15.9. The molecule has 0 unspecified atom stereocenters. The lowest BCUT2D eigenvalue weighted by molar-refractivity contribution is 0.357. The lowest BCUT2D eigenvalue weighted by Gasteiger charge is -2.23. The number of sulfone groups is 1. The molecule has 9 heteroatoms. The summed E-state index contributed by atoms with van der Waals surface area (Å²) in [6, 6.07) is 6.49. The lowest BCUT2D eigenvalue weighted by atomic mass is 9.95. The Morgan fingerprint density at radius 2 is 1.81 bits per heavy atom. The van der Waals surface area contributed by atoms with Crippen LogP contribution in [-0.4, -0.2) is 34.2 Å². The first-order valence-corrected chi connectivity index (χ1v) is 10.8. The third-order valence-electron chi connectivity index (χ3n) is 4.91. The molecule has 1 aromatic carbocycles. The van der Waals surface area contributed by atoms with Crippen LogP contribution in [0.2, 0.25) is 0 Å². The number of nitrogens with one attached hydrogen (secondary N) is 1. The molecular weight excluding hydrogens is 369 g/mol. The molecule has 0 spiro atoms. The number of anilines is 2. The van der Waals surface area contributed by atoms with Gasteiger partial charge >= 0.3 is 6.08 Å². The summed E-state index contributed by atoms with van der Waals surface area (Å²) < 4.78 is 39.1. The lowest BCUT2D eigenvalue weighted by Crippen LogP contribution is -2.13. The van der Waals surface area contributed by atoms with Crippen LogP contribution in [0.1, 0.15) is 38.1 Å². The maximum Gasteiger partial charge on any atom is 0.312 e. The summed E-state index contributed by atoms with van der Waals surface area (Å²) in [5.41, 5.74) is 1.56. The summed E-state index contributed by atoms with van der Waals surface area (Å²) in [6.45, 7) is 0. The third kappa shape index (κ3) is 3.64. The van der Waals surface area contributed by atoms with Gasteiger partial charge in [0.15, 0.2) is 26.8 Å². The van der Waals surface area contributed by atoms with E-state index in [4.69, 9.17) is 0 Å². The van der Waals surface area contributed by atoms with Gasteiger partial charge in [0.25, 0.3) is 0 Å². The Morgan fingerprint density at radius 3 is 2.48 bits per heavy atom. The van der Waals surface area contributed by atoms with Crippen molar-refractivity contribution >= 4 is 32.5 Å². The maximum atomic E-state index is 14.1. The third-order valence-corrected chi connectivity index (χ3v) is 6.04. The number of nitrogens with zero attached hydrogens (tertiary/aromatic N) is 4. The Hall–Kier alpha value is -2.55. The van der Waals surface area contributed by atoms with Crippen LogP contribution in [0.5, 0.6) is 0 Å². The monoisotopic (exact) mass is 389 g/mol. The molecule has 7 nitrogen and oxygen atoms in total. The molecule has 142 valence electrons. The van der Waals surface area contributed by atoms with E-state index < -0.39 is 15.9 Å². The topological polar surface area (TPSA) is 89.8 Å². The van der Waals surface area contributed by atoms with E-state index in [9.17, 15) is 12.8 Å². The minimum Gasteiger partial charge on any atom is -0.338 e. The summed E-state index contributed by atoms with van der Waals surface area (Å²) in [7, 11) is -3.27. The molecule has 0 bridgehead atoms. The van der Waals surface area contributed by atoms with Crippen LogP contribution >= 0.6 is 0 Å². The highest BCUT2D eigenvalue weighted by Crippen LogP contribution is 2.32. The second-order valence-electron chi connectivity index (χ2n) is 6.88. The van der Waals surface area contributed by atoms with Crippen molar-refractivity contribution in [1.82, 2.24) is 19.5 Å². The number of halogens is 1. The molecule has 0 atom stereocenters. The van der Waals surface area contributed by atoms with E-state index >= 15 is 0 Å². The van der Waals surface area contributed by atoms with Gasteiger partial charge in [0, 0.05) is 18.0 Å². The Morgan fingerprint density at radius 1 is 1.11 bits per heavy atom. The number of fused-ring (bicyclic) bond motifs is 1. The number of hydrogen-bond donors (Lipinski definition) is 1. The van der Waals surface area contributed by atoms with Crippen molar-refractivity contribution in [1.29, 1.82) is 0 Å². The standard InChI is InChI=1S/C18H20FN5O2S/c1-27(25,26)14-9-7-12(8-10-14)21-16-15-17(23-18(19)22-16)24(11-20-15)13-5-3-2-4-6-13/h7-11,13H,2-6H2,1H3,(H,21,22,23). The van der Waals surface area contributed by atoms with Gasteiger partial charge < -0.3 is 9.88 Å². The molecule has 1 aliphatic rings. The quantitative estimate of drug-likeness (QED) is 0.686. The van der Waals surface area contributed by atoms with Crippen LogP contribution in [0.3, 0.4) is 0 Å². The first-order valence-electron chi connectivity index (χ1n) is 8.89. The number of rotatable bonds is 4. The fourth-order valence-corrected chi connectivity index (χ4v) is 4.16. The Balaban J connectivity index is 1.68. The molecule has 1 fully saturated rings. The number of benzene rings is 1. The van der Waals surface area contributed by atoms with Gasteiger partial charge in [-0.15, -0.1) is 0 Å². The Bertz CT molecular complexity index is 1070. The van der Waals surface area contributed by atoms with Crippen molar-refractivity contribution in [3.8, 4) is 0 Å². The molecule has 1 aliphatic carbocycles. The minimum atomic E-state index is -3.27. The van der Waals surface area contributed by atoms with Crippen LogP contribution < -0.4 is 5.32 Å². The summed E-state index contributed by atoms with van der Waals surface area (Å²) in [4.78, 5) is 12.4. The first kappa shape index (κ1) is 17.8. The van der Waals surface area contributed by atoms with Crippen molar-refractivity contribution in [3.63, 3.8) is 0 Å². The van der Waals surface area contributed by atoms with Crippen molar-refractivity contribution in [2.45, 2.75) is 43.0 Å². The fourth-order valence-electron chi connectivity index (χ4n) is 3.53. The highest BCUT2D eigenvalue weighted by Gasteiger charge is 2.21. The zero-order chi connectivity index (χ0) is 19.0. The molecule has 2 aromatic heterocycles. The van der Waals surface area contributed by atoms with Gasteiger partial charge in [-0.2, -0.15) is 14.4 Å². The van der Waals surface area contributed by atoms with Gasteiger partial charge in [0.2, 0.25) is 0 Å². The SMILES string of the molecule is CS(=O)(=O)c1ccc(Nc2nc(F)nc3c2ncn3C2CCCCC2)cc1. The number of hydrogen-bond acceptors (Lipinski definition) is 6. The second-order valence-corrected chi connectivity index (χ2v) is 8.89. The molecule has 4 rings (SSSR count). The van der Waals surface area contributed by atoms with E-state index in [0.717, 1.165) is 31.9 Å². The van der Waals surface area contributed by atoms with Gasteiger partial charge in [0.1, 0.15) is 0 Å². The van der Waals surface area contributed by atoms with Crippen molar-refractivity contribution in [3.05, 3.63) is 36.7 Å². The molecule has 2 heterocycles. The van der Waals surface area contributed by atoms with Crippen molar-refractivity contribution < 1.29 is 12.8 Å². The molecule has 27 heavy (non-hydrogen) atoms. The predicted molar refractivity (Wildman–Crippen MR) is 100 cm³/mol. The van der Waals surface area contributed by atoms with Gasteiger partial charge in [-0.25, -0.2) is 13.4 Å². The van der Waals surface area contributed by atoms with Crippen molar-refractivity contribution in [2.24, 2.45) is 0 Å². The number of aromatic nitrogens is 4. The largest absolute Gasteiger partial charge is 0.338 e. The van der Waals surface area contributed by atoms with Gasteiger partial charge in [-0.3, -0.25) is 0 Å². The van der Waals surface area contributed by atoms with Crippen LogP contribution in [-0.2, 0) is 9.84 Å². The number of imidazole rings is 1. The van der Waals surface area contributed by atoms with E-state index in [1.165, 1.54) is 18.6 Å². The summed E-state index contributed by atoms with van der Waals surface area (Å²) in [5.74, 6) is 0.263. The van der Waals surface area contributed by atoms with Gasteiger partial charge in [0.05, 0.1) is 11.2 Å². The van der Waals surface area contributed by atoms with Crippen LogP contribution in [0.15, 0.2) is 35.5 Å². The van der Waals surface area contributed by atoms with Gasteiger partial charge in [-0.05, 0) is 37.1 Å². The molecule has 0 saturated heterocycles. The van der Waals surface area contributed by atoms with Crippen LogP contribution in [0.4, 0.5) is 15.9 Å². The molecule has 0 aliphatic heterocycles. The molecule has 0 radical (unpaired) electrons. The molecule has 3 aromatic rings. The molecule has 0 amide bonds. The highest BCUT2D eigenvalue weighted by molar-refractivity contribution is 7.90. The molecule has 1 saturated carbocycles. The highest BCUT2D eigenvalue weighted by atomic mass is 32.2. The van der Waals surface area contributed by atoms with E-state index in [1.54, 1.807) is 18.5 Å². The summed E-state index contributed by atoms with van der Waals surface area (Å²) in [6.07, 6.45) is 7.62. The maximum absolute atomic E-state index is 14.1. The smallest absolute Gasteiger partial charge is 0.312 e.